The van der Waals surface area contributed by atoms with E-state index in [-0.39, 0.29) is 17.3 Å². The summed E-state index contributed by atoms with van der Waals surface area (Å²) >= 11 is 6.15. The summed E-state index contributed by atoms with van der Waals surface area (Å²) in [4.78, 5) is 18.6. The van der Waals surface area contributed by atoms with Crippen molar-refractivity contribution < 1.29 is 9.18 Å². The van der Waals surface area contributed by atoms with Crippen LogP contribution in [0.2, 0.25) is 5.02 Å². The van der Waals surface area contributed by atoms with Gasteiger partial charge < -0.3 is 10.6 Å². The minimum Gasteiger partial charge on any atom is -0.369 e. The minimum absolute atomic E-state index is 0.0722. The monoisotopic (exact) mass is 406 g/mol. The summed E-state index contributed by atoms with van der Waals surface area (Å²) in [5, 5.41) is 8.25. The number of carbonyl (C=O) groups excluding carboxylic acids is 1. The lowest BCUT2D eigenvalue weighted by atomic mass is 9.96. The molecule has 28 heavy (non-hydrogen) atoms. The summed E-state index contributed by atoms with van der Waals surface area (Å²) in [6.45, 7) is 8.97. The Morgan fingerprint density at radius 2 is 2.00 bits per heavy atom. The average Bonchev–Trinajstić information content (AvgIpc) is 2.59. The zero-order valence-corrected chi connectivity index (χ0v) is 17.4. The number of carbonyl (C=O) groups is 1. The van der Waals surface area contributed by atoms with Crippen LogP contribution in [0, 0.1) is 11.7 Å². The van der Waals surface area contributed by atoms with Gasteiger partial charge in [0, 0.05) is 29.1 Å². The third kappa shape index (κ3) is 5.55. The highest BCUT2D eigenvalue weighted by Crippen LogP contribution is 2.29. The maximum Gasteiger partial charge on any atom is 0.234 e. The first-order valence-electron chi connectivity index (χ1n) is 9.72. The second-order valence-electron chi connectivity index (χ2n) is 8.54. The normalized spacial score (nSPS) is 16.3. The molecule has 1 aromatic carbocycles. The molecule has 0 radical (unpaired) electrons. The van der Waals surface area contributed by atoms with E-state index in [0.717, 1.165) is 37.9 Å². The van der Waals surface area contributed by atoms with E-state index in [1.807, 2.05) is 20.8 Å². The number of benzene rings is 1. The summed E-state index contributed by atoms with van der Waals surface area (Å²) in [6, 6.07) is 4.58. The second-order valence-corrected chi connectivity index (χ2v) is 8.95. The molecule has 5 nitrogen and oxygen atoms in total. The molecule has 1 saturated heterocycles. The fourth-order valence-corrected chi connectivity index (χ4v) is 3.87. The van der Waals surface area contributed by atoms with Crippen molar-refractivity contribution in [2.24, 2.45) is 5.92 Å². The van der Waals surface area contributed by atoms with E-state index in [9.17, 15) is 9.18 Å². The molecule has 2 heterocycles. The number of anilines is 1. The van der Waals surface area contributed by atoms with Gasteiger partial charge >= 0.3 is 0 Å². The quantitative estimate of drug-likeness (QED) is 0.786. The SMILES string of the molecule is CC(C)(C)NC(=O)CN1CCC(CNc2nccc3c(Cl)cc(F)cc23)CC1. The molecule has 1 fully saturated rings. The highest BCUT2D eigenvalue weighted by atomic mass is 35.5. The Kier molecular flexibility index (Phi) is 6.40. The third-order valence-corrected chi connectivity index (χ3v) is 5.25. The third-order valence-electron chi connectivity index (χ3n) is 4.94. The number of halogens is 2. The van der Waals surface area contributed by atoms with E-state index in [4.69, 9.17) is 11.6 Å². The Morgan fingerprint density at radius 1 is 1.29 bits per heavy atom. The number of fused-ring (bicyclic) bond motifs is 1. The van der Waals surface area contributed by atoms with Crippen LogP contribution in [0.1, 0.15) is 33.6 Å². The maximum atomic E-state index is 13.7. The van der Waals surface area contributed by atoms with Crippen molar-refractivity contribution in [2.75, 3.05) is 31.5 Å². The fourth-order valence-electron chi connectivity index (χ4n) is 3.60. The molecule has 0 saturated carbocycles. The highest BCUT2D eigenvalue weighted by Gasteiger charge is 2.22. The summed E-state index contributed by atoms with van der Waals surface area (Å²) in [7, 11) is 0. The van der Waals surface area contributed by atoms with Gasteiger partial charge in [-0.15, -0.1) is 0 Å². The van der Waals surface area contributed by atoms with Gasteiger partial charge in [0.05, 0.1) is 11.6 Å². The van der Waals surface area contributed by atoms with Crippen LogP contribution in [-0.4, -0.2) is 47.5 Å². The zero-order chi connectivity index (χ0) is 20.3. The number of hydrogen-bond acceptors (Lipinski definition) is 4. The van der Waals surface area contributed by atoms with Crippen molar-refractivity contribution in [3.63, 3.8) is 0 Å². The van der Waals surface area contributed by atoms with Gasteiger partial charge in [-0.25, -0.2) is 9.37 Å². The van der Waals surface area contributed by atoms with Gasteiger partial charge in [-0.2, -0.15) is 0 Å². The molecule has 0 aliphatic carbocycles. The summed E-state index contributed by atoms with van der Waals surface area (Å²) in [5.74, 6) is 0.854. The van der Waals surface area contributed by atoms with E-state index >= 15 is 0 Å². The lowest BCUT2D eigenvalue weighted by Crippen LogP contribution is -2.47. The largest absolute Gasteiger partial charge is 0.369 e. The second kappa shape index (κ2) is 8.62. The van der Waals surface area contributed by atoms with Crippen LogP contribution in [-0.2, 0) is 4.79 Å². The number of pyridine rings is 1. The van der Waals surface area contributed by atoms with Gasteiger partial charge in [-0.1, -0.05) is 11.6 Å². The van der Waals surface area contributed by atoms with Crippen molar-refractivity contribution in [2.45, 2.75) is 39.2 Å². The molecule has 0 atom stereocenters. The Hall–Kier alpha value is -1.92. The molecule has 7 heteroatoms. The smallest absolute Gasteiger partial charge is 0.234 e. The van der Waals surface area contributed by atoms with Crippen molar-refractivity contribution in [3.05, 3.63) is 35.2 Å². The summed E-state index contributed by atoms with van der Waals surface area (Å²) in [5.41, 5.74) is -0.201. The predicted octanol–water partition coefficient (Wildman–Crippen LogP) is 4.07. The van der Waals surface area contributed by atoms with Gasteiger partial charge in [0.25, 0.3) is 0 Å². The van der Waals surface area contributed by atoms with E-state index in [1.54, 1.807) is 12.3 Å². The molecule has 1 aliphatic rings. The lowest BCUT2D eigenvalue weighted by molar-refractivity contribution is -0.124. The molecule has 1 amide bonds. The number of aromatic nitrogens is 1. The van der Waals surface area contributed by atoms with Crippen LogP contribution in [0.15, 0.2) is 24.4 Å². The van der Waals surface area contributed by atoms with Crippen LogP contribution < -0.4 is 10.6 Å². The first-order chi connectivity index (χ1) is 13.2. The van der Waals surface area contributed by atoms with E-state index < -0.39 is 0 Å². The molecule has 2 aromatic rings. The van der Waals surface area contributed by atoms with Crippen LogP contribution in [0.25, 0.3) is 10.8 Å². The van der Waals surface area contributed by atoms with Crippen LogP contribution in [0.3, 0.4) is 0 Å². The number of nitrogens with zero attached hydrogens (tertiary/aromatic N) is 2. The first kappa shape index (κ1) is 20.8. The number of hydrogen-bond donors (Lipinski definition) is 2. The highest BCUT2D eigenvalue weighted by molar-refractivity contribution is 6.35. The topological polar surface area (TPSA) is 57.3 Å². The molecule has 0 spiro atoms. The number of amides is 1. The van der Waals surface area contributed by atoms with Crippen molar-refractivity contribution in [3.8, 4) is 0 Å². The molecule has 1 aliphatic heterocycles. The molecule has 0 bridgehead atoms. The molecule has 2 N–H and O–H groups in total. The van der Waals surface area contributed by atoms with Crippen molar-refractivity contribution >= 4 is 34.1 Å². The van der Waals surface area contributed by atoms with Gasteiger partial charge in [0.2, 0.25) is 5.91 Å². The van der Waals surface area contributed by atoms with Crippen molar-refractivity contribution in [1.29, 1.82) is 0 Å². The van der Waals surface area contributed by atoms with E-state index in [0.29, 0.717) is 28.7 Å². The van der Waals surface area contributed by atoms with Crippen LogP contribution >= 0.6 is 11.6 Å². The van der Waals surface area contributed by atoms with Gasteiger partial charge in [-0.05, 0) is 70.8 Å². The molecule has 0 unspecified atom stereocenters. The van der Waals surface area contributed by atoms with E-state index in [2.05, 4.69) is 20.5 Å². The summed E-state index contributed by atoms with van der Waals surface area (Å²) in [6.07, 6.45) is 3.70. The average molecular weight is 407 g/mol. The van der Waals surface area contributed by atoms with Crippen LogP contribution in [0.5, 0.6) is 0 Å². The zero-order valence-electron chi connectivity index (χ0n) is 16.7. The molecular weight excluding hydrogens is 379 g/mol. The molecular formula is C21H28ClFN4O. The standard InChI is InChI=1S/C21H28ClFN4O/c1-21(2,3)26-19(28)13-27-8-5-14(6-9-27)12-25-20-17-10-15(23)11-18(22)16(17)4-7-24-20/h4,7,10-11,14H,5-6,8-9,12-13H2,1-3H3,(H,24,25)(H,26,28). The first-order valence-corrected chi connectivity index (χ1v) is 10.1. The number of piperidine rings is 1. The maximum absolute atomic E-state index is 13.7. The van der Waals surface area contributed by atoms with Crippen molar-refractivity contribution in [1.82, 2.24) is 15.2 Å². The van der Waals surface area contributed by atoms with Gasteiger partial charge in [-0.3, -0.25) is 9.69 Å². The van der Waals surface area contributed by atoms with Crippen LogP contribution in [0.4, 0.5) is 10.2 Å². The Bertz CT molecular complexity index is 844. The summed E-state index contributed by atoms with van der Waals surface area (Å²) < 4.78 is 13.7. The fraction of sp³-hybridized carbons (Fsp3) is 0.524. The molecule has 152 valence electrons. The molecule has 3 rings (SSSR count). The molecule has 1 aromatic heterocycles. The Morgan fingerprint density at radius 3 is 2.68 bits per heavy atom. The minimum atomic E-state index is -0.365. The Balaban J connectivity index is 1.52. The Labute approximate surface area is 170 Å². The number of nitrogens with one attached hydrogen (secondary N) is 2. The predicted molar refractivity (Wildman–Crippen MR) is 112 cm³/mol. The number of likely N-dealkylation sites (tertiary alicyclic amines) is 1. The number of rotatable bonds is 5. The lowest BCUT2D eigenvalue weighted by Gasteiger charge is -2.32. The van der Waals surface area contributed by atoms with Gasteiger partial charge in [0.1, 0.15) is 11.6 Å². The van der Waals surface area contributed by atoms with Gasteiger partial charge in [0.15, 0.2) is 0 Å². The van der Waals surface area contributed by atoms with E-state index in [1.165, 1.54) is 12.1 Å².